The number of hydrogen-bond acceptors (Lipinski definition) is 2. The van der Waals surface area contributed by atoms with Crippen molar-refractivity contribution >= 4 is 5.82 Å². The second-order valence-electron chi connectivity index (χ2n) is 4.54. The zero-order chi connectivity index (χ0) is 12.0. The van der Waals surface area contributed by atoms with E-state index in [0.29, 0.717) is 6.04 Å². The Morgan fingerprint density at radius 3 is 2.69 bits per heavy atom. The summed E-state index contributed by atoms with van der Waals surface area (Å²) in [5, 5.41) is 7.96. The van der Waals surface area contributed by atoms with Gasteiger partial charge >= 0.3 is 0 Å². The van der Waals surface area contributed by atoms with E-state index in [2.05, 4.69) is 37.3 Å². The summed E-state index contributed by atoms with van der Waals surface area (Å²) in [6.07, 6.45) is 6.17. The third-order valence-electron chi connectivity index (χ3n) is 2.93. The van der Waals surface area contributed by atoms with Crippen LogP contribution in [0.5, 0.6) is 0 Å². The average molecular weight is 223 g/mol. The number of rotatable bonds is 7. The Balaban J connectivity index is 2.42. The van der Waals surface area contributed by atoms with Gasteiger partial charge in [0.05, 0.1) is 5.69 Å². The first-order valence-electron chi connectivity index (χ1n) is 6.46. The molecule has 0 radical (unpaired) electrons. The fourth-order valence-electron chi connectivity index (χ4n) is 1.86. The summed E-state index contributed by atoms with van der Waals surface area (Å²) in [7, 11) is 2.00. The third-order valence-corrected chi connectivity index (χ3v) is 2.93. The molecule has 1 rings (SSSR count). The zero-order valence-corrected chi connectivity index (χ0v) is 11.1. The molecule has 0 saturated carbocycles. The zero-order valence-electron chi connectivity index (χ0n) is 11.1. The van der Waals surface area contributed by atoms with Gasteiger partial charge in [-0.25, -0.2) is 0 Å². The van der Waals surface area contributed by atoms with Crippen molar-refractivity contribution in [2.45, 2.75) is 58.9 Å². The van der Waals surface area contributed by atoms with Crippen molar-refractivity contribution in [2.75, 3.05) is 5.32 Å². The van der Waals surface area contributed by atoms with Gasteiger partial charge in [0.2, 0.25) is 0 Å². The van der Waals surface area contributed by atoms with E-state index >= 15 is 0 Å². The fourth-order valence-corrected chi connectivity index (χ4v) is 1.86. The Morgan fingerprint density at radius 1 is 1.38 bits per heavy atom. The molecule has 0 aliphatic heterocycles. The van der Waals surface area contributed by atoms with Crippen molar-refractivity contribution in [3.8, 4) is 0 Å². The molecular weight excluding hydrogens is 198 g/mol. The highest BCUT2D eigenvalue weighted by atomic mass is 15.3. The number of anilines is 1. The molecular formula is C13H25N3. The minimum absolute atomic E-state index is 0.534. The molecule has 0 aliphatic rings. The molecule has 1 aromatic heterocycles. The molecule has 3 heteroatoms. The van der Waals surface area contributed by atoms with Gasteiger partial charge in [-0.2, -0.15) is 5.10 Å². The predicted molar refractivity (Wildman–Crippen MR) is 69.8 cm³/mol. The van der Waals surface area contributed by atoms with Crippen molar-refractivity contribution in [3.05, 3.63) is 11.8 Å². The number of hydrogen-bond donors (Lipinski definition) is 1. The quantitative estimate of drug-likeness (QED) is 0.718. The molecule has 1 aromatic rings. The lowest BCUT2D eigenvalue weighted by atomic mass is 10.1. The molecule has 0 amide bonds. The molecule has 92 valence electrons. The molecule has 16 heavy (non-hydrogen) atoms. The molecule has 0 aromatic carbocycles. The summed E-state index contributed by atoms with van der Waals surface area (Å²) in [6.45, 7) is 6.62. The normalized spacial score (nSPS) is 12.8. The van der Waals surface area contributed by atoms with E-state index in [1.165, 1.54) is 25.7 Å². The largest absolute Gasteiger partial charge is 0.368 e. The third kappa shape index (κ3) is 3.87. The van der Waals surface area contributed by atoms with Crippen LogP contribution < -0.4 is 5.32 Å². The van der Waals surface area contributed by atoms with Crippen molar-refractivity contribution in [2.24, 2.45) is 7.05 Å². The van der Waals surface area contributed by atoms with Crippen molar-refractivity contribution in [3.63, 3.8) is 0 Å². The maximum Gasteiger partial charge on any atom is 0.124 e. The summed E-state index contributed by atoms with van der Waals surface area (Å²) in [5.41, 5.74) is 1.16. The Hall–Kier alpha value is -0.990. The molecule has 1 atom stereocenters. The minimum atomic E-state index is 0.534. The van der Waals surface area contributed by atoms with Crippen LogP contribution in [-0.4, -0.2) is 15.8 Å². The van der Waals surface area contributed by atoms with Crippen LogP contribution in [0.15, 0.2) is 6.07 Å². The molecule has 0 aliphatic carbocycles. The highest BCUT2D eigenvalue weighted by molar-refractivity contribution is 5.37. The van der Waals surface area contributed by atoms with Crippen LogP contribution in [0.25, 0.3) is 0 Å². The topological polar surface area (TPSA) is 29.9 Å². The molecule has 0 saturated heterocycles. The second-order valence-corrected chi connectivity index (χ2v) is 4.54. The maximum atomic E-state index is 4.43. The monoisotopic (exact) mass is 223 g/mol. The molecule has 1 N–H and O–H groups in total. The Bertz CT molecular complexity index is 304. The lowest BCUT2D eigenvalue weighted by Crippen LogP contribution is -2.17. The molecule has 3 nitrogen and oxygen atoms in total. The van der Waals surface area contributed by atoms with Crippen molar-refractivity contribution in [1.82, 2.24) is 9.78 Å². The van der Waals surface area contributed by atoms with Gasteiger partial charge in [-0.1, -0.05) is 33.1 Å². The van der Waals surface area contributed by atoms with Crippen LogP contribution >= 0.6 is 0 Å². The summed E-state index contributed by atoms with van der Waals surface area (Å²) in [6, 6.07) is 2.68. The molecule has 0 fully saturated rings. The van der Waals surface area contributed by atoms with E-state index in [1.54, 1.807) is 0 Å². The second kappa shape index (κ2) is 6.56. The summed E-state index contributed by atoms with van der Waals surface area (Å²) < 4.78 is 1.94. The summed E-state index contributed by atoms with van der Waals surface area (Å²) in [5.74, 6) is 1.14. The SMILES string of the molecule is CCCCCC(C)Nc1cc(CC)nn1C. The molecule has 1 unspecified atom stereocenters. The molecule has 1 heterocycles. The van der Waals surface area contributed by atoms with Gasteiger partial charge in [0.25, 0.3) is 0 Å². The van der Waals surface area contributed by atoms with Gasteiger partial charge in [-0.15, -0.1) is 0 Å². The van der Waals surface area contributed by atoms with Gasteiger partial charge in [0.15, 0.2) is 0 Å². The van der Waals surface area contributed by atoms with Crippen LogP contribution in [-0.2, 0) is 13.5 Å². The first kappa shape index (κ1) is 13.1. The fraction of sp³-hybridized carbons (Fsp3) is 0.769. The Morgan fingerprint density at radius 2 is 2.12 bits per heavy atom. The number of nitrogens with zero attached hydrogens (tertiary/aromatic N) is 2. The average Bonchev–Trinajstić information content (AvgIpc) is 2.60. The number of aromatic nitrogens is 2. The summed E-state index contributed by atoms with van der Waals surface area (Å²) >= 11 is 0. The minimum Gasteiger partial charge on any atom is -0.368 e. The van der Waals surface area contributed by atoms with E-state index < -0.39 is 0 Å². The van der Waals surface area contributed by atoms with Crippen LogP contribution in [0.1, 0.15) is 52.1 Å². The lowest BCUT2D eigenvalue weighted by Gasteiger charge is -2.14. The predicted octanol–water partition coefficient (Wildman–Crippen LogP) is 3.36. The highest BCUT2D eigenvalue weighted by Crippen LogP contribution is 2.13. The number of aryl methyl sites for hydroxylation is 2. The van der Waals surface area contributed by atoms with Crippen LogP contribution in [0.2, 0.25) is 0 Å². The van der Waals surface area contributed by atoms with Crippen LogP contribution in [0.4, 0.5) is 5.82 Å². The molecule has 0 spiro atoms. The van der Waals surface area contributed by atoms with E-state index in [1.807, 2.05) is 11.7 Å². The van der Waals surface area contributed by atoms with Crippen LogP contribution in [0, 0.1) is 0 Å². The van der Waals surface area contributed by atoms with Gasteiger partial charge in [0.1, 0.15) is 5.82 Å². The number of nitrogens with one attached hydrogen (secondary N) is 1. The Kier molecular flexibility index (Phi) is 5.36. The van der Waals surface area contributed by atoms with Gasteiger partial charge in [-0.3, -0.25) is 4.68 Å². The van der Waals surface area contributed by atoms with Gasteiger partial charge in [0, 0.05) is 19.2 Å². The van der Waals surface area contributed by atoms with Gasteiger partial charge in [-0.05, 0) is 19.8 Å². The van der Waals surface area contributed by atoms with E-state index in [0.717, 1.165) is 17.9 Å². The van der Waals surface area contributed by atoms with E-state index in [9.17, 15) is 0 Å². The van der Waals surface area contributed by atoms with E-state index in [4.69, 9.17) is 0 Å². The van der Waals surface area contributed by atoms with Gasteiger partial charge < -0.3 is 5.32 Å². The standard InChI is InChI=1S/C13H25N3/c1-5-7-8-9-11(3)14-13-10-12(6-2)15-16(13)4/h10-11,14H,5-9H2,1-4H3. The Labute approximate surface area is 99.2 Å². The first-order valence-corrected chi connectivity index (χ1v) is 6.46. The highest BCUT2D eigenvalue weighted by Gasteiger charge is 2.06. The summed E-state index contributed by atoms with van der Waals surface area (Å²) in [4.78, 5) is 0. The van der Waals surface area contributed by atoms with Crippen molar-refractivity contribution in [1.29, 1.82) is 0 Å². The molecule has 0 bridgehead atoms. The lowest BCUT2D eigenvalue weighted by molar-refractivity contribution is 0.608. The van der Waals surface area contributed by atoms with Crippen molar-refractivity contribution < 1.29 is 0 Å². The van der Waals surface area contributed by atoms with E-state index in [-0.39, 0.29) is 0 Å². The van der Waals surface area contributed by atoms with Crippen LogP contribution in [0.3, 0.4) is 0 Å². The smallest absolute Gasteiger partial charge is 0.124 e. The number of unbranched alkanes of at least 4 members (excludes halogenated alkanes) is 2. The first-order chi connectivity index (χ1) is 7.67. The maximum absolute atomic E-state index is 4.43.